The van der Waals surface area contributed by atoms with E-state index < -0.39 is 19.0 Å². The van der Waals surface area contributed by atoms with Crippen LogP contribution >= 0.6 is 0 Å². The van der Waals surface area contributed by atoms with Crippen LogP contribution in [0.1, 0.15) is 11.6 Å². The molecule has 3 aromatic rings. The Hall–Kier alpha value is -3.23. The summed E-state index contributed by atoms with van der Waals surface area (Å²) in [5.41, 5.74) is 2.11. The maximum absolute atomic E-state index is 13.6. The lowest BCUT2D eigenvalue weighted by Crippen LogP contribution is -2.56. The van der Waals surface area contributed by atoms with Gasteiger partial charge in [0, 0.05) is 36.3 Å². The maximum atomic E-state index is 13.6. The first-order valence-electron chi connectivity index (χ1n) is 9.48. The highest BCUT2D eigenvalue weighted by Gasteiger charge is 2.36. The van der Waals surface area contributed by atoms with Gasteiger partial charge in [-0.15, -0.1) is 0 Å². The molecule has 0 saturated carbocycles. The number of alkyl halides is 2. The summed E-state index contributed by atoms with van der Waals surface area (Å²) in [4.78, 5) is 19.5. The van der Waals surface area contributed by atoms with Crippen molar-refractivity contribution in [3.8, 4) is 5.88 Å². The number of likely N-dealkylation sites (tertiary alicyclic amines) is 1. The Morgan fingerprint density at radius 3 is 2.70 bits per heavy atom. The molecule has 4 rings (SSSR count). The number of benzene rings is 1. The molecule has 0 N–H and O–H groups in total. The van der Waals surface area contributed by atoms with Crippen molar-refractivity contribution in [1.29, 1.82) is 0 Å². The molecule has 158 valence electrons. The number of anilines is 1. The number of aryl methyl sites for hydroxylation is 1. The average Bonchev–Trinajstić information content (AvgIpc) is 3.00. The summed E-state index contributed by atoms with van der Waals surface area (Å²) in [5, 5.41) is 0.823. The van der Waals surface area contributed by atoms with E-state index in [0.717, 1.165) is 21.4 Å². The summed E-state index contributed by atoms with van der Waals surface area (Å²) in [6, 6.07) is 7.16. The molecule has 2 aromatic heterocycles. The van der Waals surface area contributed by atoms with E-state index in [-0.39, 0.29) is 17.5 Å². The predicted octanol–water partition coefficient (Wildman–Crippen LogP) is 4.24. The van der Waals surface area contributed by atoms with Gasteiger partial charge in [0.2, 0.25) is 5.88 Å². The Morgan fingerprint density at radius 1 is 1.30 bits per heavy atom. The monoisotopic (exact) mass is 418 g/mol. The fourth-order valence-corrected chi connectivity index (χ4v) is 3.74. The quantitative estimate of drug-likeness (QED) is 0.623. The first-order valence-corrected chi connectivity index (χ1v) is 9.48. The van der Waals surface area contributed by atoms with Gasteiger partial charge < -0.3 is 14.2 Å². The van der Waals surface area contributed by atoms with Gasteiger partial charge in [0.15, 0.2) is 0 Å². The number of carbonyl (C=O) groups is 1. The summed E-state index contributed by atoms with van der Waals surface area (Å²) in [6.45, 7) is 1.94. The zero-order valence-electron chi connectivity index (χ0n) is 16.6. The highest BCUT2D eigenvalue weighted by molar-refractivity contribution is 5.92. The van der Waals surface area contributed by atoms with Crippen LogP contribution in [0.2, 0.25) is 0 Å². The summed E-state index contributed by atoms with van der Waals surface area (Å²) < 4.78 is 46.8. The normalized spacial score (nSPS) is 14.3. The van der Waals surface area contributed by atoms with Gasteiger partial charge in [0.1, 0.15) is 5.82 Å². The number of hydrogen-bond donors (Lipinski definition) is 0. The molecular weight excluding hydrogens is 397 g/mol. The SMILES string of the molecule is COc1ccc(N(CC(F)F)C(=O)N2CC(n3cc(C)c4cc(F)ccc43)C2)cn1. The highest BCUT2D eigenvalue weighted by Crippen LogP contribution is 2.31. The predicted molar refractivity (Wildman–Crippen MR) is 107 cm³/mol. The third kappa shape index (κ3) is 3.67. The number of carbonyl (C=O) groups excluding carboxylic acids is 1. The number of rotatable bonds is 5. The van der Waals surface area contributed by atoms with Crippen molar-refractivity contribution in [1.82, 2.24) is 14.5 Å². The smallest absolute Gasteiger partial charge is 0.324 e. The Bertz CT molecular complexity index is 1060. The van der Waals surface area contributed by atoms with E-state index in [0.29, 0.717) is 19.0 Å². The van der Waals surface area contributed by atoms with Crippen LogP contribution in [-0.2, 0) is 0 Å². The molecule has 0 aliphatic carbocycles. The van der Waals surface area contributed by atoms with Crippen molar-refractivity contribution < 1.29 is 22.7 Å². The topological polar surface area (TPSA) is 50.6 Å². The van der Waals surface area contributed by atoms with Crippen LogP contribution in [0, 0.1) is 12.7 Å². The molecule has 0 radical (unpaired) electrons. The molecule has 1 saturated heterocycles. The molecule has 1 aliphatic heterocycles. The van der Waals surface area contributed by atoms with E-state index in [1.54, 1.807) is 6.07 Å². The van der Waals surface area contributed by atoms with Gasteiger partial charge in [0.05, 0.1) is 31.6 Å². The van der Waals surface area contributed by atoms with E-state index >= 15 is 0 Å². The van der Waals surface area contributed by atoms with Gasteiger partial charge in [-0.3, -0.25) is 4.90 Å². The molecule has 6 nitrogen and oxygen atoms in total. The minimum absolute atomic E-state index is 0.00185. The molecule has 1 aliphatic rings. The molecule has 1 fully saturated rings. The lowest BCUT2D eigenvalue weighted by atomic mass is 10.1. The standard InChI is InChI=1S/C21H21F3N4O2/c1-13-9-27(18-5-3-14(22)7-17(13)18)16-10-26(11-16)21(29)28(12-19(23)24)15-4-6-20(30-2)25-8-15/h3-9,16,19H,10-12H2,1-2H3. The van der Waals surface area contributed by atoms with Crippen LogP contribution in [0.3, 0.4) is 0 Å². The van der Waals surface area contributed by atoms with E-state index in [4.69, 9.17) is 4.74 Å². The Balaban J connectivity index is 1.51. The fourth-order valence-electron chi connectivity index (χ4n) is 3.74. The minimum Gasteiger partial charge on any atom is -0.481 e. The zero-order chi connectivity index (χ0) is 21.4. The Labute approximate surface area is 171 Å². The molecule has 30 heavy (non-hydrogen) atoms. The van der Waals surface area contributed by atoms with E-state index in [1.807, 2.05) is 17.7 Å². The van der Waals surface area contributed by atoms with Crippen LogP contribution in [0.25, 0.3) is 10.9 Å². The third-order valence-corrected chi connectivity index (χ3v) is 5.31. The number of methoxy groups -OCH3 is 1. The summed E-state index contributed by atoms with van der Waals surface area (Å²) in [6.07, 6.45) is 0.591. The summed E-state index contributed by atoms with van der Waals surface area (Å²) >= 11 is 0. The second kappa shape index (κ2) is 7.89. The molecule has 0 atom stereocenters. The van der Waals surface area contributed by atoms with E-state index in [1.165, 1.54) is 42.5 Å². The summed E-state index contributed by atoms with van der Waals surface area (Å²) in [5.74, 6) is 0.0306. The van der Waals surface area contributed by atoms with Crippen molar-refractivity contribution in [2.45, 2.75) is 19.4 Å². The molecule has 3 heterocycles. The second-order valence-electron chi connectivity index (χ2n) is 7.28. The lowest BCUT2D eigenvalue weighted by Gasteiger charge is -2.42. The molecule has 0 spiro atoms. The summed E-state index contributed by atoms with van der Waals surface area (Å²) in [7, 11) is 1.45. The molecule has 0 unspecified atom stereocenters. The largest absolute Gasteiger partial charge is 0.481 e. The number of ether oxygens (including phenoxy) is 1. The minimum atomic E-state index is -2.68. The average molecular weight is 418 g/mol. The molecule has 2 amide bonds. The number of hydrogen-bond acceptors (Lipinski definition) is 3. The van der Waals surface area contributed by atoms with E-state index in [2.05, 4.69) is 4.98 Å². The molecule has 9 heteroatoms. The number of halogens is 3. The van der Waals surface area contributed by atoms with Crippen LogP contribution in [0.15, 0.2) is 42.7 Å². The third-order valence-electron chi connectivity index (χ3n) is 5.31. The van der Waals surface area contributed by atoms with Crippen molar-refractivity contribution in [2.24, 2.45) is 0 Å². The molecule has 1 aromatic carbocycles. The van der Waals surface area contributed by atoms with Crippen molar-refractivity contribution in [3.05, 3.63) is 54.1 Å². The number of amides is 2. The van der Waals surface area contributed by atoms with Gasteiger partial charge in [0.25, 0.3) is 6.43 Å². The molecular formula is C21H21F3N4O2. The number of nitrogens with zero attached hydrogens (tertiary/aromatic N) is 4. The zero-order valence-corrected chi connectivity index (χ0v) is 16.6. The number of fused-ring (bicyclic) bond motifs is 1. The van der Waals surface area contributed by atoms with Gasteiger partial charge in [-0.2, -0.15) is 0 Å². The van der Waals surface area contributed by atoms with Gasteiger partial charge in [-0.1, -0.05) is 0 Å². The van der Waals surface area contributed by atoms with Crippen LogP contribution in [0.4, 0.5) is 23.7 Å². The van der Waals surface area contributed by atoms with E-state index in [9.17, 15) is 18.0 Å². The van der Waals surface area contributed by atoms with Crippen LogP contribution in [0.5, 0.6) is 5.88 Å². The lowest BCUT2D eigenvalue weighted by molar-refractivity contribution is 0.121. The van der Waals surface area contributed by atoms with Crippen LogP contribution < -0.4 is 9.64 Å². The first-order chi connectivity index (χ1) is 14.4. The van der Waals surface area contributed by atoms with Gasteiger partial charge in [-0.05, 0) is 36.8 Å². The Kier molecular flexibility index (Phi) is 5.27. The fraction of sp³-hybridized carbons (Fsp3) is 0.333. The second-order valence-corrected chi connectivity index (χ2v) is 7.28. The van der Waals surface area contributed by atoms with Gasteiger partial charge >= 0.3 is 6.03 Å². The van der Waals surface area contributed by atoms with Gasteiger partial charge in [-0.25, -0.2) is 22.9 Å². The van der Waals surface area contributed by atoms with Crippen molar-refractivity contribution in [3.63, 3.8) is 0 Å². The van der Waals surface area contributed by atoms with Crippen molar-refractivity contribution in [2.75, 3.05) is 31.6 Å². The highest BCUT2D eigenvalue weighted by atomic mass is 19.3. The number of pyridine rings is 1. The van der Waals surface area contributed by atoms with Crippen LogP contribution in [-0.4, -0.2) is 53.7 Å². The number of urea groups is 1. The number of aromatic nitrogens is 2. The first kappa shape index (κ1) is 20.1. The maximum Gasteiger partial charge on any atom is 0.324 e. The van der Waals surface area contributed by atoms with Crippen molar-refractivity contribution >= 4 is 22.6 Å². The molecule has 0 bridgehead atoms. The Morgan fingerprint density at radius 2 is 2.07 bits per heavy atom.